The predicted molar refractivity (Wildman–Crippen MR) is 147 cm³/mol. The Kier molecular flexibility index (Phi) is 5.62. The monoisotopic (exact) mass is 481 g/mol. The molecule has 178 valence electrons. The molecule has 0 aliphatic heterocycles. The van der Waals surface area contributed by atoms with E-state index in [0.717, 1.165) is 22.2 Å². The van der Waals surface area contributed by atoms with Crippen LogP contribution in [-0.4, -0.2) is 23.1 Å². The Morgan fingerprint density at radius 1 is 0.622 bits per heavy atom. The molecular weight excluding hydrogens is 458 g/mol. The first-order valence-corrected chi connectivity index (χ1v) is 12.1. The smallest absolute Gasteiger partial charge is 0.210 e. The van der Waals surface area contributed by atoms with Crippen LogP contribution in [0.5, 0.6) is 5.75 Å². The van der Waals surface area contributed by atoms with Crippen molar-refractivity contribution < 1.29 is 14.3 Å². The standard InChI is InChI=1S/C33H23NO3/c1-37-26-18-20-27-25(21-26)17-19-28-30(32(35)23-13-7-3-8-14-23)29(22-11-5-2-6-12-22)31(34(27)28)33(36)24-15-9-4-10-16-24/h2-21H,1H3. The van der Waals surface area contributed by atoms with Gasteiger partial charge in [-0.1, -0.05) is 97.1 Å². The van der Waals surface area contributed by atoms with Crippen LogP contribution in [0.3, 0.4) is 0 Å². The highest BCUT2D eigenvalue weighted by Crippen LogP contribution is 2.38. The Hall–Kier alpha value is -4.96. The summed E-state index contributed by atoms with van der Waals surface area (Å²) in [6.07, 6.45) is 0. The largest absolute Gasteiger partial charge is 0.497 e. The zero-order valence-electron chi connectivity index (χ0n) is 20.2. The van der Waals surface area contributed by atoms with E-state index in [1.807, 2.05) is 126 Å². The number of methoxy groups -OCH3 is 1. The van der Waals surface area contributed by atoms with Crippen LogP contribution in [0.2, 0.25) is 0 Å². The molecule has 2 heterocycles. The highest BCUT2D eigenvalue weighted by atomic mass is 16.5. The Morgan fingerprint density at radius 2 is 1.19 bits per heavy atom. The maximum Gasteiger partial charge on any atom is 0.210 e. The summed E-state index contributed by atoms with van der Waals surface area (Å²) in [6, 6.07) is 37.7. The van der Waals surface area contributed by atoms with E-state index in [-0.39, 0.29) is 11.6 Å². The molecule has 0 spiro atoms. The van der Waals surface area contributed by atoms with Crippen molar-refractivity contribution in [1.82, 2.24) is 4.40 Å². The second-order valence-electron chi connectivity index (χ2n) is 8.83. The Labute approximate surface area is 214 Å². The number of fused-ring (bicyclic) bond motifs is 3. The molecule has 0 radical (unpaired) electrons. The minimum Gasteiger partial charge on any atom is -0.497 e. The molecule has 37 heavy (non-hydrogen) atoms. The highest BCUT2D eigenvalue weighted by Gasteiger charge is 2.30. The second-order valence-corrected chi connectivity index (χ2v) is 8.83. The number of hydrogen-bond acceptors (Lipinski definition) is 3. The van der Waals surface area contributed by atoms with Gasteiger partial charge in [-0.05, 0) is 29.8 Å². The summed E-state index contributed by atoms with van der Waals surface area (Å²) < 4.78 is 7.38. The lowest BCUT2D eigenvalue weighted by atomic mass is 9.92. The predicted octanol–water partition coefficient (Wildman–Crippen LogP) is 7.23. The summed E-state index contributed by atoms with van der Waals surface area (Å²) in [7, 11) is 1.63. The number of ether oxygens (including phenoxy) is 1. The van der Waals surface area contributed by atoms with E-state index < -0.39 is 0 Å². The quantitative estimate of drug-likeness (QED) is 0.236. The number of pyridine rings is 1. The molecule has 0 fully saturated rings. The zero-order chi connectivity index (χ0) is 25.4. The minimum atomic E-state index is -0.148. The average molecular weight is 482 g/mol. The molecule has 0 amide bonds. The van der Waals surface area contributed by atoms with Crippen molar-refractivity contribution in [3.8, 4) is 16.9 Å². The van der Waals surface area contributed by atoms with E-state index in [0.29, 0.717) is 33.5 Å². The van der Waals surface area contributed by atoms with Crippen LogP contribution in [0.1, 0.15) is 32.0 Å². The number of ketones is 2. The van der Waals surface area contributed by atoms with Gasteiger partial charge in [-0.25, -0.2) is 0 Å². The van der Waals surface area contributed by atoms with E-state index in [1.54, 1.807) is 7.11 Å². The first kappa shape index (κ1) is 22.5. The minimum absolute atomic E-state index is 0.128. The van der Waals surface area contributed by atoms with Gasteiger partial charge in [0.1, 0.15) is 11.4 Å². The normalized spacial score (nSPS) is 11.1. The fourth-order valence-electron chi connectivity index (χ4n) is 4.95. The van der Waals surface area contributed by atoms with Crippen LogP contribution in [-0.2, 0) is 0 Å². The highest BCUT2D eigenvalue weighted by molar-refractivity contribution is 6.23. The van der Waals surface area contributed by atoms with Gasteiger partial charge in [0.15, 0.2) is 5.78 Å². The summed E-state index contributed by atoms with van der Waals surface area (Å²) >= 11 is 0. The third kappa shape index (κ3) is 3.80. The summed E-state index contributed by atoms with van der Waals surface area (Å²) in [5, 5.41) is 0.905. The Balaban J connectivity index is 1.79. The first-order valence-electron chi connectivity index (χ1n) is 12.1. The van der Waals surface area contributed by atoms with Gasteiger partial charge in [0, 0.05) is 22.1 Å². The number of hydrogen-bond donors (Lipinski definition) is 0. The number of aromatic nitrogens is 1. The lowest BCUT2D eigenvalue weighted by molar-refractivity contribution is 0.103. The molecule has 6 aromatic rings. The van der Waals surface area contributed by atoms with Crippen molar-refractivity contribution in [3.05, 3.63) is 144 Å². The maximum atomic E-state index is 14.2. The first-order chi connectivity index (χ1) is 18.2. The van der Waals surface area contributed by atoms with E-state index in [9.17, 15) is 9.59 Å². The van der Waals surface area contributed by atoms with Gasteiger partial charge in [-0.2, -0.15) is 0 Å². The fraction of sp³-hybridized carbons (Fsp3) is 0.0303. The van der Waals surface area contributed by atoms with Crippen LogP contribution in [0.25, 0.3) is 27.5 Å². The molecule has 0 aliphatic carbocycles. The van der Waals surface area contributed by atoms with Gasteiger partial charge in [-0.3, -0.25) is 9.59 Å². The lowest BCUT2D eigenvalue weighted by Gasteiger charge is -2.10. The number of nitrogens with zero attached hydrogens (tertiary/aromatic N) is 1. The summed E-state index contributed by atoms with van der Waals surface area (Å²) in [6.45, 7) is 0. The topological polar surface area (TPSA) is 47.8 Å². The van der Waals surface area contributed by atoms with Crippen LogP contribution in [0, 0.1) is 0 Å². The second kappa shape index (κ2) is 9.25. The fourth-order valence-corrected chi connectivity index (χ4v) is 4.95. The van der Waals surface area contributed by atoms with Crippen molar-refractivity contribution >= 4 is 28.0 Å². The maximum absolute atomic E-state index is 14.2. The molecule has 2 aromatic heterocycles. The molecule has 0 aliphatic rings. The SMILES string of the molecule is COc1ccc2c(ccc3c(C(=O)c4ccccc4)c(-c4ccccc4)c(C(=O)c4ccccc4)n32)c1. The van der Waals surface area contributed by atoms with E-state index >= 15 is 0 Å². The Morgan fingerprint density at radius 3 is 1.81 bits per heavy atom. The third-order valence-corrected chi connectivity index (χ3v) is 6.68. The number of benzene rings is 4. The van der Waals surface area contributed by atoms with Crippen molar-refractivity contribution in [2.75, 3.05) is 7.11 Å². The molecular formula is C33H23NO3. The van der Waals surface area contributed by atoms with Gasteiger partial charge in [-0.15, -0.1) is 0 Å². The average Bonchev–Trinajstić information content (AvgIpc) is 3.33. The molecule has 0 saturated heterocycles. The summed E-state index contributed by atoms with van der Waals surface area (Å²) in [5.74, 6) is 0.445. The third-order valence-electron chi connectivity index (χ3n) is 6.68. The molecule has 4 aromatic carbocycles. The number of carbonyl (C=O) groups excluding carboxylic acids is 2. The van der Waals surface area contributed by atoms with Gasteiger partial charge in [0.2, 0.25) is 5.78 Å². The number of carbonyl (C=O) groups is 2. The lowest BCUT2D eigenvalue weighted by Crippen LogP contribution is -2.08. The van der Waals surface area contributed by atoms with Gasteiger partial charge < -0.3 is 9.14 Å². The number of rotatable bonds is 6. The van der Waals surface area contributed by atoms with Gasteiger partial charge in [0.05, 0.1) is 23.7 Å². The molecule has 6 rings (SSSR count). The molecule has 0 bridgehead atoms. The van der Waals surface area contributed by atoms with Crippen molar-refractivity contribution in [3.63, 3.8) is 0 Å². The van der Waals surface area contributed by atoms with E-state index in [1.165, 1.54) is 0 Å². The molecule has 4 nitrogen and oxygen atoms in total. The van der Waals surface area contributed by atoms with Crippen LogP contribution in [0.15, 0.2) is 121 Å². The van der Waals surface area contributed by atoms with Crippen molar-refractivity contribution in [1.29, 1.82) is 0 Å². The summed E-state index contributed by atoms with van der Waals surface area (Å²) in [5.41, 5.74) is 5.05. The van der Waals surface area contributed by atoms with Crippen molar-refractivity contribution in [2.24, 2.45) is 0 Å². The molecule has 0 atom stereocenters. The molecule has 0 unspecified atom stereocenters. The van der Waals surface area contributed by atoms with Crippen LogP contribution < -0.4 is 4.74 Å². The van der Waals surface area contributed by atoms with Crippen LogP contribution in [0.4, 0.5) is 0 Å². The molecule has 4 heteroatoms. The zero-order valence-corrected chi connectivity index (χ0v) is 20.2. The van der Waals surface area contributed by atoms with Crippen molar-refractivity contribution in [2.45, 2.75) is 0 Å². The van der Waals surface area contributed by atoms with E-state index in [2.05, 4.69) is 0 Å². The summed E-state index contributed by atoms with van der Waals surface area (Å²) in [4.78, 5) is 28.4. The van der Waals surface area contributed by atoms with Gasteiger partial charge in [0.25, 0.3) is 0 Å². The Bertz CT molecular complexity index is 1770. The van der Waals surface area contributed by atoms with Gasteiger partial charge >= 0.3 is 0 Å². The molecule has 0 saturated carbocycles. The molecule has 0 N–H and O–H groups in total. The van der Waals surface area contributed by atoms with E-state index in [4.69, 9.17) is 4.74 Å². The van der Waals surface area contributed by atoms with Crippen LogP contribution >= 0.6 is 0 Å².